The second-order valence-electron chi connectivity index (χ2n) is 4.68. The number of hydrogen-bond acceptors (Lipinski definition) is 2. The quantitative estimate of drug-likeness (QED) is 0.438. The molecule has 1 atom stereocenters. The molecule has 0 rings (SSSR count). The molecule has 0 radical (unpaired) electrons. The van der Waals surface area contributed by atoms with E-state index in [2.05, 4.69) is 13.8 Å². The molecular weight excluding hydrogens is 212 g/mol. The van der Waals surface area contributed by atoms with Gasteiger partial charge in [-0.25, -0.2) is 4.79 Å². The van der Waals surface area contributed by atoms with Gasteiger partial charge in [0.15, 0.2) is 0 Å². The molecule has 0 bridgehead atoms. The molecule has 0 aliphatic heterocycles. The second kappa shape index (κ2) is 10.4. The standard InChI is InChI=1S/C15H28O2/c1-5-8-9-14(7-3)11-10-13(4)15(16)17-12-6-2/h10,14H,5-9,11-12H2,1-4H3/b13-10+. The SMILES string of the molecule is CCCCC(CC)C/C=C(\C)C(=O)OCCC. The fourth-order valence-electron chi connectivity index (χ4n) is 1.72. The number of ether oxygens (including phenoxy) is 1. The number of rotatable bonds is 9. The van der Waals surface area contributed by atoms with E-state index >= 15 is 0 Å². The maximum Gasteiger partial charge on any atom is 0.333 e. The molecule has 0 aliphatic rings. The highest BCUT2D eigenvalue weighted by atomic mass is 16.5. The molecule has 0 N–H and O–H groups in total. The van der Waals surface area contributed by atoms with Gasteiger partial charge >= 0.3 is 5.97 Å². The molecule has 0 aliphatic carbocycles. The van der Waals surface area contributed by atoms with Gasteiger partial charge in [0.05, 0.1) is 6.61 Å². The van der Waals surface area contributed by atoms with Crippen molar-refractivity contribution in [2.24, 2.45) is 5.92 Å². The van der Waals surface area contributed by atoms with Gasteiger partial charge in [0.25, 0.3) is 0 Å². The zero-order valence-corrected chi connectivity index (χ0v) is 11.9. The van der Waals surface area contributed by atoms with E-state index in [9.17, 15) is 4.79 Å². The first kappa shape index (κ1) is 16.2. The number of carbonyl (C=O) groups excluding carboxylic acids is 1. The molecule has 0 aromatic carbocycles. The van der Waals surface area contributed by atoms with Gasteiger partial charge < -0.3 is 4.74 Å². The Morgan fingerprint density at radius 3 is 2.47 bits per heavy atom. The topological polar surface area (TPSA) is 26.3 Å². The van der Waals surface area contributed by atoms with Gasteiger partial charge in [-0.05, 0) is 25.7 Å². The fraction of sp³-hybridized carbons (Fsp3) is 0.800. The minimum Gasteiger partial charge on any atom is -0.462 e. The molecule has 0 amide bonds. The Hall–Kier alpha value is -0.790. The predicted molar refractivity (Wildman–Crippen MR) is 72.9 cm³/mol. The highest BCUT2D eigenvalue weighted by Crippen LogP contribution is 2.18. The lowest BCUT2D eigenvalue weighted by atomic mass is 9.95. The second-order valence-corrected chi connectivity index (χ2v) is 4.68. The molecule has 0 fully saturated rings. The fourth-order valence-corrected chi connectivity index (χ4v) is 1.72. The van der Waals surface area contributed by atoms with Gasteiger partial charge in [-0.2, -0.15) is 0 Å². The summed E-state index contributed by atoms with van der Waals surface area (Å²) >= 11 is 0. The molecule has 0 saturated carbocycles. The van der Waals surface area contributed by atoms with Gasteiger partial charge in [-0.15, -0.1) is 0 Å². The van der Waals surface area contributed by atoms with Crippen LogP contribution in [0.5, 0.6) is 0 Å². The molecule has 2 nitrogen and oxygen atoms in total. The third-order valence-electron chi connectivity index (χ3n) is 3.06. The third-order valence-corrected chi connectivity index (χ3v) is 3.06. The highest BCUT2D eigenvalue weighted by molar-refractivity contribution is 5.87. The average molecular weight is 240 g/mol. The first-order chi connectivity index (χ1) is 8.15. The Kier molecular flexibility index (Phi) is 9.89. The maximum atomic E-state index is 11.5. The van der Waals surface area contributed by atoms with Crippen LogP contribution in [0.15, 0.2) is 11.6 Å². The van der Waals surface area contributed by atoms with E-state index in [1.807, 2.05) is 19.9 Å². The van der Waals surface area contributed by atoms with Crippen LogP contribution in [0.1, 0.15) is 66.2 Å². The molecular formula is C15H28O2. The normalized spacial score (nSPS) is 13.5. The van der Waals surface area contributed by atoms with Crippen molar-refractivity contribution in [3.05, 3.63) is 11.6 Å². The van der Waals surface area contributed by atoms with Gasteiger partial charge in [0.1, 0.15) is 0 Å². The lowest BCUT2D eigenvalue weighted by molar-refractivity contribution is -0.139. The maximum absolute atomic E-state index is 11.5. The molecule has 0 aromatic heterocycles. The Morgan fingerprint density at radius 1 is 1.24 bits per heavy atom. The van der Waals surface area contributed by atoms with Crippen LogP contribution in [0.25, 0.3) is 0 Å². The average Bonchev–Trinajstić information content (AvgIpc) is 2.35. The smallest absolute Gasteiger partial charge is 0.333 e. The van der Waals surface area contributed by atoms with E-state index < -0.39 is 0 Å². The summed E-state index contributed by atoms with van der Waals surface area (Å²) < 4.78 is 5.09. The molecule has 100 valence electrons. The third kappa shape index (κ3) is 8.00. The van der Waals surface area contributed by atoms with Crippen molar-refractivity contribution in [2.45, 2.75) is 66.2 Å². The molecule has 0 saturated heterocycles. The van der Waals surface area contributed by atoms with Crippen molar-refractivity contribution in [1.29, 1.82) is 0 Å². The Balaban J connectivity index is 4.04. The van der Waals surface area contributed by atoms with Crippen LogP contribution < -0.4 is 0 Å². The predicted octanol–water partition coefficient (Wildman–Crippen LogP) is 4.49. The molecule has 0 heterocycles. The number of allylic oxidation sites excluding steroid dienone is 1. The molecule has 17 heavy (non-hydrogen) atoms. The number of carbonyl (C=O) groups is 1. The first-order valence-electron chi connectivity index (χ1n) is 6.99. The summed E-state index contributed by atoms with van der Waals surface area (Å²) in [6.07, 6.45) is 8.91. The summed E-state index contributed by atoms with van der Waals surface area (Å²) in [4.78, 5) is 11.5. The minimum absolute atomic E-state index is 0.155. The van der Waals surface area contributed by atoms with Crippen LogP contribution in [0, 0.1) is 5.92 Å². The Bertz CT molecular complexity index is 231. The van der Waals surface area contributed by atoms with E-state index in [1.54, 1.807) is 0 Å². The summed E-state index contributed by atoms with van der Waals surface area (Å²) in [6.45, 7) is 8.82. The van der Waals surface area contributed by atoms with Crippen LogP contribution in [0.4, 0.5) is 0 Å². The van der Waals surface area contributed by atoms with Crippen molar-refractivity contribution < 1.29 is 9.53 Å². The van der Waals surface area contributed by atoms with Crippen molar-refractivity contribution in [2.75, 3.05) is 6.61 Å². The zero-order chi connectivity index (χ0) is 13.1. The Morgan fingerprint density at radius 2 is 1.94 bits per heavy atom. The lowest BCUT2D eigenvalue weighted by Crippen LogP contribution is -2.07. The monoisotopic (exact) mass is 240 g/mol. The minimum atomic E-state index is -0.155. The van der Waals surface area contributed by atoms with Gasteiger partial charge in [-0.1, -0.05) is 52.5 Å². The van der Waals surface area contributed by atoms with Crippen LogP contribution in [0.3, 0.4) is 0 Å². The van der Waals surface area contributed by atoms with E-state index in [1.165, 1.54) is 25.7 Å². The van der Waals surface area contributed by atoms with Gasteiger partial charge in [-0.3, -0.25) is 0 Å². The van der Waals surface area contributed by atoms with E-state index in [4.69, 9.17) is 4.74 Å². The zero-order valence-electron chi connectivity index (χ0n) is 11.9. The summed E-state index contributed by atoms with van der Waals surface area (Å²) in [7, 11) is 0. The summed E-state index contributed by atoms with van der Waals surface area (Å²) in [5.41, 5.74) is 0.758. The van der Waals surface area contributed by atoms with Gasteiger partial charge in [0, 0.05) is 5.57 Å². The first-order valence-corrected chi connectivity index (χ1v) is 6.99. The van der Waals surface area contributed by atoms with Crippen molar-refractivity contribution in [3.63, 3.8) is 0 Å². The van der Waals surface area contributed by atoms with Crippen LogP contribution in [-0.2, 0) is 9.53 Å². The van der Waals surface area contributed by atoms with Gasteiger partial charge in [0.2, 0.25) is 0 Å². The largest absolute Gasteiger partial charge is 0.462 e. The Labute approximate surface area is 106 Å². The van der Waals surface area contributed by atoms with Crippen molar-refractivity contribution in [1.82, 2.24) is 0 Å². The van der Waals surface area contributed by atoms with E-state index in [0.717, 1.165) is 18.4 Å². The summed E-state index contributed by atoms with van der Waals surface area (Å²) in [6, 6.07) is 0. The van der Waals surface area contributed by atoms with E-state index in [-0.39, 0.29) is 5.97 Å². The van der Waals surface area contributed by atoms with Crippen LogP contribution in [0.2, 0.25) is 0 Å². The van der Waals surface area contributed by atoms with Crippen molar-refractivity contribution >= 4 is 5.97 Å². The van der Waals surface area contributed by atoms with Crippen LogP contribution in [-0.4, -0.2) is 12.6 Å². The molecule has 0 aromatic rings. The molecule has 2 heteroatoms. The van der Waals surface area contributed by atoms with Crippen molar-refractivity contribution in [3.8, 4) is 0 Å². The number of hydrogen-bond donors (Lipinski definition) is 0. The molecule has 1 unspecified atom stereocenters. The van der Waals surface area contributed by atoms with Crippen LogP contribution >= 0.6 is 0 Å². The lowest BCUT2D eigenvalue weighted by Gasteiger charge is -2.12. The highest BCUT2D eigenvalue weighted by Gasteiger charge is 2.07. The summed E-state index contributed by atoms with van der Waals surface area (Å²) in [5.74, 6) is 0.557. The van der Waals surface area contributed by atoms with E-state index in [0.29, 0.717) is 12.5 Å². The number of unbranched alkanes of at least 4 members (excludes halogenated alkanes) is 1. The molecule has 0 spiro atoms. The number of esters is 1. The summed E-state index contributed by atoms with van der Waals surface area (Å²) in [5, 5.41) is 0.